The molecular formula is C4HI2OPS. The molecule has 0 aromatic carbocycles. The van der Waals surface area contributed by atoms with Crippen molar-refractivity contribution in [2.24, 2.45) is 0 Å². The molecule has 0 atom stereocenters. The maximum atomic E-state index is 10.3. The normalized spacial score (nSPS) is 10.4. The summed E-state index contributed by atoms with van der Waals surface area (Å²) in [7, 11) is 0.131. The van der Waals surface area contributed by atoms with Crippen molar-refractivity contribution in [3.05, 3.63) is 11.8 Å². The van der Waals surface area contributed by atoms with Gasteiger partial charge in [0.1, 0.15) is 0 Å². The minimum absolute atomic E-state index is 0.131. The van der Waals surface area contributed by atoms with Gasteiger partial charge in [0.15, 0.2) is 8.46 Å². The van der Waals surface area contributed by atoms with Crippen LogP contribution >= 0.6 is 65.0 Å². The van der Waals surface area contributed by atoms with Crippen LogP contribution in [0.5, 0.6) is 0 Å². The van der Waals surface area contributed by atoms with Gasteiger partial charge in [-0.2, -0.15) is 0 Å². The third-order valence-electron chi connectivity index (χ3n) is 0.737. The lowest BCUT2D eigenvalue weighted by molar-refractivity contribution is 0.603. The summed E-state index contributed by atoms with van der Waals surface area (Å²) in [5.74, 6) is 0. The molecule has 0 saturated heterocycles. The van der Waals surface area contributed by atoms with Gasteiger partial charge in [-0.1, -0.05) is 0 Å². The molecule has 0 bridgehead atoms. The number of thiophene rings is 1. The average Bonchev–Trinajstić information content (AvgIpc) is 2.10. The first-order valence-corrected chi connectivity index (χ1v) is 5.81. The molecule has 0 spiro atoms. The molecule has 1 rings (SSSR count). The summed E-state index contributed by atoms with van der Waals surface area (Å²) in [6, 6.07) is 1.93. The fourth-order valence-corrected chi connectivity index (χ4v) is 5.14. The number of hydrogen-bond acceptors (Lipinski definition) is 2. The second-order valence-electron chi connectivity index (χ2n) is 1.30. The molecule has 1 aromatic rings. The van der Waals surface area contributed by atoms with Gasteiger partial charge in [-0.25, -0.2) is 0 Å². The molecule has 0 fully saturated rings. The molecule has 0 saturated carbocycles. The first-order valence-electron chi connectivity index (χ1n) is 2.02. The van der Waals surface area contributed by atoms with E-state index in [-0.39, 0.29) is 8.46 Å². The summed E-state index contributed by atoms with van der Waals surface area (Å²) >= 11 is 6.07. The van der Waals surface area contributed by atoms with Crippen molar-refractivity contribution in [2.75, 3.05) is 0 Å². The molecule has 0 aliphatic carbocycles. The zero-order chi connectivity index (χ0) is 6.85. The van der Waals surface area contributed by atoms with Crippen LogP contribution in [0.15, 0.2) is 6.07 Å². The fraction of sp³-hybridized carbons (Fsp3) is 0. The second kappa shape index (κ2) is 3.59. The van der Waals surface area contributed by atoms with Crippen LogP contribution in [0.25, 0.3) is 0 Å². The Hall–Kier alpha value is 1.26. The first kappa shape index (κ1) is 8.36. The summed E-state index contributed by atoms with van der Waals surface area (Å²) in [5, 5.41) is 0.907. The Bertz CT molecular complexity index is 234. The van der Waals surface area contributed by atoms with E-state index in [0.717, 1.165) is 8.19 Å². The Kier molecular flexibility index (Phi) is 3.34. The van der Waals surface area contributed by atoms with Crippen molar-refractivity contribution >= 4 is 70.3 Å². The van der Waals surface area contributed by atoms with Crippen molar-refractivity contribution in [3.63, 3.8) is 0 Å². The van der Waals surface area contributed by atoms with E-state index in [1.165, 1.54) is 2.88 Å². The first-order chi connectivity index (χ1) is 4.24. The van der Waals surface area contributed by atoms with E-state index in [4.69, 9.17) is 0 Å². The molecule has 1 aromatic heterocycles. The van der Waals surface area contributed by atoms with E-state index in [2.05, 4.69) is 45.2 Å². The van der Waals surface area contributed by atoms with Crippen LogP contribution in [0.4, 0.5) is 0 Å². The Morgan fingerprint density at radius 2 is 2.22 bits per heavy atom. The number of rotatable bonds is 1. The van der Waals surface area contributed by atoms with Gasteiger partial charge in [0, 0.05) is 0 Å². The lowest BCUT2D eigenvalue weighted by Gasteiger charge is -1.74. The average molecular weight is 382 g/mol. The van der Waals surface area contributed by atoms with Crippen molar-refractivity contribution in [3.8, 4) is 0 Å². The second-order valence-corrected chi connectivity index (χ2v) is 6.72. The predicted octanol–water partition coefficient (Wildman–Crippen LogP) is 2.87. The van der Waals surface area contributed by atoms with Gasteiger partial charge in [0.05, 0.1) is 11.1 Å². The fourth-order valence-electron chi connectivity index (χ4n) is 0.394. The Labute approximate surface area is 85.7 Å². The largest absolute Gasteiger partial charge is 0.269 e. The lowest BCUT2D eigenvalue weighted by Crippen LogP contribution is -1.86. The smallest absolute Gasteiger partial charge is 0.194 e. The van der Waals surface area contributed by atoms with Crippen molar-refractivity contribution in [2.45, 2.75) is 0 Å². The topological polar surface area (TPSA) is 17.1 Å². The molecule has 48 valence electrons. The zero-order valence-electron chi connectivity index (χ0n) is 4.10. The van der Waals surface area contributed by atoms with E-state index >= 15 is 0 Å². The molecule has 9 heavy (non-hydrogen) atoms. The molecule has 0 unspecified atom stereocenters. The predicted molar refractivity (Wildman–Crippen MR) is 57.0 cm³/mol. The van der Waals surface area contributed by atoms with E-state index in [1.807, 2.05) is 6.07 Å². The summed E-state index contributed by atoms with van der Waals surface area (Å²) in [6.45, 7) is 0. The third kappa shape index (κ3) is 2.10. The molecule has 0 N–H and O–H groups in total. The molecule has 1 nitrogen and oxygen atoms in total. The van der Waals surface area contributed by atoms with Crippen LogP contribution < -0.4 is 5.30 Å². The lowest BCUT2D eigenvalue weighted by atomic mass is 10.7. The summed E-state index contributed by atoms with van der Waals surface area (Å²) in [6.07, 6.45) is 0. The third-order valence-corrected chi connectivity index (χ3v) is 4.79. The molecule has 0 amide bonds. The van der Waals surface area contributed by atoms with Gasteiger partial charge in [0.2, 0.25) is 0 Å². The van der Waals surface area contributed by atoms with Gasteiger partial charge < -0.3 is 0 Å². The Balaban J connectivity index is 3.15. The van der Waals surface area contributed by atoms with Crippen molar-refractivity contribution in [1.29, 1.82) is 0 Å². The van der Waals surface area contributed by atoms with Gasteiger partial charge in [-0.05, 0) is 51.2 Å². The van der Waals surface area contributed by atoms with Gasteiger partial charge in [-0.3, -0.25) is 4.57 Å². The van der Waals surface area contributed by atoms with Crippen LogP contribution in [0.2, 0.25) is 0 Å². The maximum absolute atomic E-state index is 10.3. The summed E-state index contributed by atoms with van der Waals surface area (Å²) in [4.78, 5) is 0. The highest BCUT2D eigenvalue weighted by Gasteiger charge is 2.02. The van der Waals surface area contributed by atoms with Crippen LogP contribution in [0.1, 0.15) is 0 Å². The van der Waals surface area contributed by atoms with Gasteiger partial charge >= 0.3 is 0 Å². The quantitative estimate of drug-likeness (QED) is 0.540. The van der Waals surface area contributed by atoms with Crippen LogP contribution in [-0.4, -0.2) is 0 Å². The van der Waals surface area contributed by atoms with Crippen LogP contribution in [0, 0.1) is 5.77 Å². The SMILES string of the molecule is O=Pc1cc(I)sc1I. The highest BCUT2D eigenvalue weighted by Crippen LogP contribution is 2.20. The van der Waals surface area contributed by atoms with Crippen LogP contribution in [-0.2, 0) is 4.57 Å². The minimum atomic E-state index is 0.131. The minimum Gasteiger partial charge on any atom is -0.269 e. The molecule has 0 aliphatic heterocycles. The highest BCUT2D eigenvalue weighted by atomic mass is 127. The van der Waals surface area contributed by atoms with E-state index < -0.39 is 0 Å². The van der Waals surface area contributed by atoms with Crippen LogP contribution in [0.3, 0.4) is 0 Å². The molecular weight excluding hydrogens is 381 g/mol. The van der Waals surface area contributed by atoms with E-state index in [9.17, 15) is 4.57 Å². The monoisotopic (exact) mass is 382 g/mol. The van der Waals surface area contributed by atoms with Crippen molar-refractivity contribution < 1.29 is 4.57 Å². The number of hydrogen-bond donors (Lipinski definition) is 0. The molecule has 5 heteroatoms. The van der Waals surface area contributed by atoms with Gasteiger partial charge in [0.25, 0.3) is 0 Å². The molecule has 1 heterocycles. The summed E-state index contributed by atoms with van der Waals surface area (Å²) < 4.78 is 12.6. The van der Waals surface area contributed by atoms with E-state index in [1.54, 1.807) is 11.3 Å². The number of halogens is 2. The van der Waals surface area contributed by atoms with Crippen molar-refractivity contribution in [1.82, 2.24) is 0 Å². The Morgan fingerprint density at radius 1 is 1.56 bits per heavy atom. The maximum Gasteiger partial charge on any atom is 0.194 e. The highest BCUT2D eigenvalue weighted by molar-refractivity contribution is 14.1. The molecule has 0 radical (unpaired) electrons. The zero-order valence-corrected chi connectivity index (χ0v) is 10.1. The van der Waals surface area contributed by atoms with Gasteiger partial charge in [-0.15, -0.1) is 11.3 Å². The summed E-state index contributed by atoms with van der Waals surface area (Å²) in [5.41, 5.74) is 0. The van der Waals surface area contributed by atoms with E-state index in [0.29, 0.717) is 0 Å². The Morgan fingerprint density at radius 3 is 2.44 bits per heavy atom. The molecule has 0 aliphatic rings. The standard InChI is InChI=1S/C4HI2OPS/c5-3-1-2(8-7)4(6)9-3/h1H.